The average Bonchev–Trinajstić information content (AvgIpc) is 0. The molecular weight excluding hydrogens is 2940 g/mol. The van der Waals surface area contributed by atoms with Gasteiger partial charge in [-0.15, -0.1) is 0 Å². The molecule has 0 aliphatic carbocycles. The molecule has 0 aliphatic rings. The number of rotatable bonds is 0. The smallest absolute Gasteiger partial charge is 0 e. The Morgan fingerprint density at radius 3 is 0.0862 bits per heavy atom. The van der Waals surface area contributed by atoms with Gasteiger partial charge in [0.2, 0.25) is 0 Å². The Kier molecular flexibility index (Phi) is 47200. The molecule has 0 amide bonds. The molecule has 80 N–H and O–H groups in total. The first-order valence-electron chi connectivity index (χ1n) is 0. The van der Waals surface area contributed by atoms with E-state index in [1.807, 2.05) is 0 Å². The van der Waals surface area contributed by atoms with Crippen LogP contribution < -0.4 is 0 Å². The second kappa shape index (κ2) is 1620. The Morgan fingerprint density at radius 1 is 0.0862 bits per heavy atom. The van der Waals surface area contributed by atoms with E-state index in [0.29, 0.717) is 0 Å². The summed E-state index contributed by atoms with van der Waals surface area (Å²) in [6.45, 7) is 0. The summed E-state index contributed by atoms with van der Waals surface area (Å²) in [4.78, 5) is 0. The molecule has 0 aromatic rings. The third kappa shape index (κ3) is 1550. The van der Waals surface area contributed by atoms with Crippen LogP contribution in [0.4, 0.5) is 0 Å². The van der Waals surface area contributed by atoms with Crippen LogP contribution in [-0.2, 0) is 250 Å². The molecule has 58 heteroatoms. The van der Waals surface area contributed by atoms with E-state index in [2.05, 4.69) is 0 Å². The Morgan fingerprint density at radius 2 is 0.0862 bits per heavy atom. The first kappa shape index (κ1) is 1690. The van der Waals surface area contributed by atoms with E-state index in [9.17, 15) is 0 Å². The fourth-order valence-corrected chi connectivity index (χ4v) is 0. The Hall–Kier alpha value is 15.0. The minimum absolute atomic E-state index is 0. The Bertz CT molecular complexity index is 77.2. The molecule has 58 heavy (non-hydrogen) atoms. The van der Waals surface area contributed by atoms with Gasteiger partial charge in [-0.2, -0.15) is 0 Å². The van der Waals surface area contributed by atoms with Crippen molar-refractivity contribution < 1.29 is 469 Å². The quantitative estimate of drug-likeness (QED) is 0.204. The minimum Gasteiger partial charge on any atom is -0.412 e. The first-order valence-corrected chi connectivity index (χ1v) is 0. The first-order chi connectivity index (χ1) is 0. The summed E-state index contributed by atoms with van der Waals surface area (Å²) < 4.78 is 0. The van der Waals surface area contributed by atoms with Gasteiger partial charge in [0.05, 0.1) is 0 Å². The summed E-state index contributed by atoms with van der Waals surface area (Å²) in [6.07, 6.45) is 0. The van der Waals surface area contributed by atoms with E-state index < -0.39 is 0 Å². The maximum Gasteiger partial charge on any atom is 0 e. The van der Waals surface area contributed by atoms with Gasteiger partial charge in [-0.05, 0) is 0 Å². The van der Waals surface area contributed by atoms with E-state index in [4.69, 9.17) is 0 Å². The third-order valence-electron chi connectivity index (χ3n) is 0. The normalized spacial score (nSPS) is 0. The molecule has 0 unspecified atom stereocenters. The molecule has 0 bridgehead atoms. The summed E-state index contributed by atoms with van der Waals surface area (Å²) >= 11 is 0. The molecule has 40 nitrogen and oxygen atoms in total. The predicted molar refractivity (Wildman–Crippen MR) is 179 cm³/mol. The monoisotopic (exact) mass is 3020 g/mol. The Labute approximate surface area is 718 Å². The van der Waals surface area contributed by atoms with Crippen molar-refractivity contribution in [2.24, 2.45) is 0 Å². The molecule has 0 saturated heterocycles. The van der Waals surface area contributed by atoms with Crippen LogP contribution in [0.2, 0.25) is 0 Å². The van der Waals surface area contributed by atoms with Gasteiger partial charge in [-0.3, -0.25) is 0 Å². The largest absolute Gasteiger partial charge is 0.412 e. The average molecular weight is 3020 g/mol. The second-order valence-corrected chi connectivity index (χ2v) is 0. The van der Waals surface area contributed by atoms with Crippen LogP contribution in [0.15, 0.2) is 0 Å². The molecule has 400 valence electrons. The summed E-state index contributed by atoms with van der Waals surface area (Å²) in [6, 6.07) is 0. The molecule has 0 aromatic carbocycles. The molecule has 0 rings (SSSR count). The summed E-state index contributed by atoms with van der Waals surface area (Å²) in [5, 5.41) is 0. The zero-order valence-corrected chi connectivity index (χ0v) is 80.7. The van der Waals surface area contributed by atoms with E-state index in [1.165, 1.54) is 0 Å². The maximum absolute atomic E-state index is 0. The van der Waals surface area contributed by atoms with Crippen molar-refractivity contribution in [1.82, 2.24) is 0 Å². The van der Waals surface area contributed by atoms with Gasteiger partial charge in [0.15, 0.2) is 0 Å². The van der Waals surface area contributed by atoms with Crippen LogP contribution in [0.5, 0.6) is 0 Å². The van der Waals surface area contributed by atoms with E-state index in [-0.39, 0.29) is 737 Å². The van der Waals surface area contributed by atoms with Gasteiger partial charge in [0.25, 0.3) is 0 Å². The van der Waals surface area contributed by atoms with Crippen molar-refractivity contribution >= 4 is 268 Å². The second-order valence-electron chi connectivity index (χ2n) is 0. The van der Waals surface area contributed by atoms with E-state index in [1.54, 1.807) is 0 Å². The molecule has 0 heterocycles. The molecule has 0 spiro atoms. The molecule has 0 saturated carbocycles. The van der Waals surface area contributed by atoms with E-state index >= 15 is 0 Å². The van der Waals surface area contributed by atoms with Gasteiger partial charge >= 0.3 is 0 Å². The van der Waals surface area contributed by atoms with E-state index in [0.717, 1.165) is 0 Å². The van der Waals surface area contributed by atoms with Crippen molar-refractivity contribution in [3.63, 3.8) is 0 Å². The summed E-state index contributed by atoms with van der Waals surface area (Å²) in [5.41, 5.74) is 0. The van der Waals surface area contributed by atoms with Crippen LogP contribution in [0.3, 0.4) is 0 Å². The van der Waals surface area contributed by atoms with Crippen molar-refractivity contribution in [3.8, 4) is 0 Å². The minimum atomic E-state index is 0. The fraction of sp³-hybridized carbons (Fsp3) is 0. The van der Waals surface area contributed by atoms with Crippen LogP contribution in [0, 0.1) is 0 Å². The van der Waals surface area contributed by atoms with Gasteiger partial charge in [-0.1, -0.05) is 0 Å². The van der Waals surface area contributed by atoms with Gasteiger partial charge in [0.1, 0.15) is 0 Å². The van der Waals surface area contributed by atoms with Crippen molar-refractivity contribution in [3.05, 3.63) is 0 Å². The van der Waals surface area contributed by atoms with Crippen molar-refractivity contribution in [2.45, 2.75) is 0 Å². The molecular formula is H80K5O40SiVW11. The molecule has 0 fully saturated rings. The summed E-state index contributed by atoms with van der Waals surface area (Å²) in [5.74, 6) is 0. The molecule has 0 atom stereocenters. The standard InChI is InChI=1S/5K.40H2O.Si.V.11W/h;;;;;40*1H2;;;;;;;;;;;;;. The van der Waals surface area contributed by atoms with Crippen LogP contribution in [-0.4, -0.2) is 487 Å². The zero-order valence-electron chi connectivity index (χ0n) is 30.4. The number of hydrogen-bond acceptors (Lipinski definition) is 0. The Balaban J connectivity index is 0. The predicted octanol–water partition coefficient (Wildman–Crippen LogP) is -35.3. The SMILES string of the molecule is O.O.O.O.O.O.O.O.O.O.O.O.O.O.O.O.O.O.O.O.O.O.O.O.O.O.O.O.O.O.O.O.O.O.O.O.O.O.O.O.[K].[K].[K].[K].[K].[Si].[V].[W].[W].[W].[W].[W].[W].[W].[W].[W].[W].[W]. The van der Waals surface area contributed by atoms with Crippen LogP contribution in [0.1, 0.15) is 0 Å². The summed E-state index contributed by atoms with van der Waals surface area (Å²) in [7, 11) is 0. The van der Waals surface area contributed by atoms with Crippen molar-refractivity contribution in [1.29, 1.82) is 0 Å². The molecule has 0 aliphatic heterocycles. The number of hydrogen-bond donors (Lipinski definition) is 0. The maximum atomic E-state index is 0. The van der Waals surface area contributed by atoms with Crippen LogP contribution in [0.25, 0.3) is 0 Å². The third-order valence-corrected chi connectivity index (χ3v) is 0. The van der Waals surface area contributed by atoms with Gasteiger partial charge in [-0.25, -0.2) is 0 Å². The molecule has 0 aromatic heterocycles. The van der Waals surface area contributed by atoms with Gasteiger partial charge < -0.3 is 219 Å². The molecule has 10 radical (unpaired) electrons. The fourth-order valence-electron chi connectivity index (χ4n) is 0. The van der Waals surface area contributed by atoms with Crippen molar-refractivity contribution in [2.75, 3.05) is 0 Å². The zero-order chi connectivity index (χ0) is 0. The van der Waals surface area contributed by atoms with Gasteiger partial charge in [0, 0.05) is 518 Å². The van der Waals surface area contributed by atoms with Crippen LogP contribution >= 0.6 is 0 Å². The topological polar surface area (TPSA) is 1260 Å².